The van der Waals surface area contributed by atoms with E-state index in [4.69, 9.17) is 4.74 Å². The summed E-state index contributed by atoms with van der Waals surface area (Å²) in [6.45, 7) is 9.75. The maximum atomic E-state index is 13.0. The number of rotatable bonds is 9. The summed E-state index contributed by atoms with van der Waals surface area (Å²) in [5.74, 6) is 1.14. The van der Waals surface area contributed by atoms with Crippen LogP contribution in [0.4, 0.5) is 0 Å². The van der Waals surface area contributed by atoms with Crippen molar-refractivity contribution in [1.82, 2.24) is 9.88 Å². The highest BCUT2D eigenvalue weighted by Gasteiger charge is 2.15. The van der Waals surface area contributed by atoms with E-state index in [9.17, 15) is 13.2 Å². The van der Waals surface area contributed by atoms with Crippen molar-refractivity contribution in [3.8, 4) is 5.75 Å². The van der Waals surface area contributed by atoms with Crippen LogP contribution in [0.5, 0.6) is 5.75 Å². The van der Waals surface area contributed by atoms with Crippen molar-refractivity contribution >= 4 is 37.6 Å². The number of aromatic nitrogens is 1. The molecular formula is C28H32N2O4S. The van der Waals surface area contributed by atoms with Gasteiger partial charge in [-0.1, -0.05) is 32.9 Å². The van der Waals surface area contributed by atoms with Crippen LogP contribution in [0.2, 0.25) is 0 Å². The Morgan fingerprint density at radius 3 is 2.23 bits per heavy atom. The molecule has 1 N–H and O–H groups in total. The van der Waals surface area contributed by atoms with Gasteiger partial charge in [-0.25, -0.2) is 8.42 Å². The number of nitrogens with zero attached hydrogens (tertiary/aromatic N) is 1. The third-order valence-electron chi connectivity index (χ3n) is 6.11. The maximum Gasteiger partial charge on any atom is 0.251 e. The number of aryl methyl sites for hydroxylation is 1. The maximum absolute atomic E-state index is 13.0. The molecule has 7 heteroatoms. The molecule has 1 amide bonds. The lowest BCUT2D eigenvalue weighted by molar-refractivity contribution is 0.0951. The highest BCUT2D eigenvalue weighted by atomic mass is 32.2. The SMILES string of the molecule is CCn1c2ccc(OCC(C)C)cc2c2cc(C(=O)NCc3ccc(S(=O)(=O)CC)cc3)ccc21. The number of sulfone groups is 1. The number of ether oxygens (including phenoxy) is 1. The summed E-state index contributed by atoms with van der Waals surface area (Å²) in [6.07, 6.45) is 0. The standard InChI is InChI=1S/C28H32N2O4S/c1-5-30-26-13-9-21(15-24(26)25-16-22(10-14-27(25)30)34-18-19(3)4)28(31)29-17-20-7-11-23(12-8-20)35(32,33)6-2/h7-16,19H,5-6,17-18H2,1-4H3,(H,29,31). The molecule has 0 atom stereocenters. The van der Waals surface area contributed by atoms with Gasteiger partial charge in [0.1, 0.15) is 5.75 Å². The fourth-order valence-corrected chi connectivity index (χ4v) is 5.07. The third-order valence-corrected chi connectivity index (χ3v) is 7.86. The quantitative estimate of drug-likeness (QED) is 0.331. The summed E-state index contributed by atoms with van der Waals surface area (Å²) in [7, 11) is -3.24. The topological polar surface area (TPSA) is 77.4 Å². The molecule has 4 rings (SSSR count). The lowest BCUT2D eigenvalue weighted by Gasteiger charge is -2.09. The molecule has 0 saturated carbocycles. The summed E-state index contributed by atoms with van der Waals surface area (Å²) in [4.78, 5) is 13.2. The smallest absolute Gasteiger partial charge is 0.251 e. The Morgan fingerprint density at radius 1 is 0.943 bits per heavy atom. The molecule has 6 nitrogen and oxygen atoms in total. The molecule has 0 fully saturated rings. The zero-order chi connectivity index (χ0) is 25.2. The van der Waals surface area contributed by atoms with Crippen molar-refractivity contribution in [3.63, 3.8) is 0 Å². The van der Waals surface area contributed by atoms with E-state index in [0.29, 0.717) is 29.5 Å². The Hall–Kier alpha value is -3.32. The monoisotopic (exact) mass is 492 g/mol. The van der Waals surface area contributed by atoms with Gasteiger partial charge in [0, 0.05) is 40.5 Å². The Labute approximate surface area is 206 Å². The van der Waals surface area contributed by atoms with Gasteiger partial charge in [-0.2, -0.15) is 0 Å². The lowest BCUT2D eigenvalue weighted by atomic mass is 10.1. The van der Waals surface area contributed by atoms with Crippen LogP contribution < -0.4 is 10.1 Å². The Morgan fingerprint density at radius 2 is 1.60 bits per heavy atom. The summed E-state index contributed by atoms with van der Waals surface area (Å²) in [5.41, 5.74) is 3.60. The van der Waals surface area contributed by atoms with Gasteiger partial charge in [-0.15, -0.1) is 0 Å². The summed E-state index contributed by atoms with van der Waals surface area (Å²) >= 11 is 0. The number of hydrogen-bond acceptors (Lipinski definition) is 4. The van der Waals surface area contributed by atoms with E-state index in [1.165, 1.54) is 0 Å². The van der Waals surface area contributed by atoms with Crippen LogP contribution in [-0.2, 0) is 22.9 Å². The van der Waals surface area contributed by atoms with Crippen LogP contribution >= 0.6 is 0 Å². The normalized spacial score (nSPS) is 11.9. The van der Waals surface area contributed by atoms with Crippen molar-refractivity contribution in [2.75, 3.05) is 12.4 Å². The van der Waals surface area contributed by atoms with Crippen LogP contribution in [0.3, 0.4) is 0 Å². The first-order chi connectivity index (χ1) is 16.7. The summed E-state index contributed by atoms with van der Waals surface area (Å²) in [5, 5.41) is 5.02. The molecule has 0 aliphatic heterocycles. The van der Waals surface area contributed by atoms with Gasteiger partial charge < -0.3 is 14.6 Å². The molecule has 3 aromatic carbocycles. The molecule has 0 aliphatic rings. The average molecular weight is 493 g/mol. The van der Waals surface area contributed by atoms with E-state index >= 15 is 0 Å². The minimum absolute atomic E-state index is 0.0609. The van der Waals surface area contributed by atoms with E-state index in [1.54, 1.807) is 31.2 Å². The van der Waals surface area contributed by atoms with E-state index in [0.717, 1.165) is 39.7 Å². The number of carbonyl (C=O) groups excluding carboxylic acids is 1. The average Bonchev–Trinajstić information content (AvgIpc) is 3.18. The molecular weight excluding hydrogens is 460 g/mol. The molecule has 0 aliphatic carbocycles. The Kier molecular flexibility index (Phi) is 7.17. The molecule has 0 saturated heterocycles. The van der Waals surface area contributed by atoms with E-state index in [-0.39, 0.29) is 11.7 Å². The third kappa shape index (κ3) is 5.20. The molecule has 0 unspecified atom stereocenters. The van der Waals surface area contributed by atoms with Crippen molar-refractivity contribution in [2.24, 2.45) is 5.92 Å². The molecule has 184 valence electrons. The number of fused-ring (bicyclic) bond motifs is 3. The first kappa shape index (κ1) is 24.8. The zero-order valence-corrected chi connectivity index (χ0v) is 21.5. The molecule has 1 aromatic heterocycles. The van der Waals surface area contributed by atoms with Gasteiger partial charge in [0.25, 0.3) is 5.91 Å². The molecule has 0 spiro atoms. The fourth-order valence-electron chi connectivity index (χ4n) is 4.18. The van der Waals surface area contributed by atoms with Crippen LogP contribution in [-0.4, -0.2) is 31.3 Å². The van der Waals surface area contributed by atoms with E-state index in [2.05, 4.69) is 42.8 Å². The molecule has 1 heterocycles. The van der Waals surface area contributed by atoms with Gasteiger partial charge >= 0.3 is 0 Å². The van der Waals surface area contributed by atoms with Crippen LogP contribution in [0.1, 0.15) is 43.6 Å². The van der Waals surface area contributed by atoms with Crippen molar-refractivity contribution in [1.29, 1.82) is 0 Å². The highest BCUT2D eigenvalue weighted by molar-refractivity contribution is 7.91. The first-order valence-corrected chi connectivity index (χ1v) is 13.7. The Bertz CT molecular complexity index is 1470. The number of nitrogens with one attached hydrogen (secondary N) is 1. The second-order valence-electron chi connectivity index (χ2n) is 9.09. The predicted octanol–water partition coefficient (Wildman–Crippen LogP) is 5.57. The largest absolute Gasteiger partial charge is 0.493 e. The minimum atomic E-state index is -3.24. The van der Waals surface area contributed by atoms with Gasteiger partial charge in [-0.3, -0.25) is 4.79 Å². The van der Waals surface area contributed by atoms with Gasteiger partial charge in [0.15, 0.2) is 9.84 Å². The minimum Gasteiger partial charge on any atom is -0.493 e. The van der Waals surface area contributed by atoms with Crippen molar-refractivity contribution < 1.29 is 17.9 Å². The predicted molar refractivity (Wildman–Crippen MR) is 141 cm³/mol. The highest BCUT2D eigenvalue weighted by Crippen LogP contribution is 2.32. The number of benzene rings is 3. The number of hydrogen-bond donors (Lipinski definition) is 1. The first-order valence-electron chi connectivity index (χ1n) is 12.0. The van der Waals surface area contributed by atoms with Gasteiger partial charge in [0.2, 0.25) is 0 Å². The molecule has 0 radical (unpaired) electrons. The molecule has 0 bridgehead atoms. The molecule has 35 heavy (non-hydrogen) atoms. The van der Waals surface area contributed by atoms with Crippen molar-refractivity contribution in [2.45, 2.75) is 45.7 Å². The van der Waals surface area contributed by atoms with Gasteiger partial charge in [0.05, 0.1) is 17.3 Å². The number of amides is 1. The second kappa shape index (κ2) is 10.1. The molecule has 4 aromatic rings. The van der Waals surface area contributed by atoms with Crippen LogP contribution in [0.15, 0.2) is 65.6 Å². The summed E-state index contributed by atoms with van der Waals surface area (Å²) < 4.78 is 32.2. The van der Waals surface area contributed by atoms with Gasteiger partial charge in [-0.05, 0) is 66.9 Å². The van der Waals surface area contributed by atoms with E-state index < -0.39 is 9.84 Å². The summed E-state index contributed by atoms with van der Waals surface area (Å²) in [6, 6.07) is 18.6. The Balaban J connectivity index is 1.58. The van der Waals surface area contributed by atoms with E-state index in [1.807, 2.05) is 24.3 Å². The van der Waals surface area contributed by atoms with Crippen LogP contribution in [0, 0.1) is 5.92 Å². The van der Waals surface area contributed by atoms with Crippen LogP contribution in [0.25, 0.3) is 21.8 Å². The zero-order valence-electron chi connectivity index (χ0n) is 20.7. The fraction of sp³-hybridized carbons (Fsp3) is 0.321. The number of carbonyl (C=O) groups is 1. The van der Waals surface area contributed by atoms with Crippen molar-refractivity contribution in [3.05, 3.63) is 71.8 Å². The second-order valence-corrected chi connectivity index (χ2v) is 11.4. The lowest BCUT2D eigenvalue weighted by Crippen LogP contribution is -2.22.